The van der Waals surface area contributed by atoms with Crippen molar-refractivity contribution >= 4 is 40.8 Å². The summed E-state index contributed by atoms with van der Waals surface area (Å²) in [6.07, 6.45) is 0.669. The molecule has 0 saturated heterocycles. The molecule has 1 aromatic carbocycles. The van der Waals surface area contributed by atoms with Crippen molar-refractivity contribution in [2.75, 3.05) is 20.3 Å². The number of carbonyl (C=O) groups excluding carboxylic acids is 3. The predicted octanol–water partition coefficient (Wildman–Crippen LogP) is 2.64. The standard InChI is InChI=1S/C17H17ClN2O5S/c1-24-14-5-4-11(18)9-13(14)16(22)25-10-15(21)20-17(23)19-7-6-12-3-2-8-26-12/h2-5,8-9H,6-7,10H2,1H3,(H2,19,20,21,23). The molecule has 2 aromatic rings. The van der Waals surface area contributed by atoms with E-state index in [1.54, 1.807) is 17.4 Å². The van der Waals surface area contributed by atoms with Gasteiger partial charge in [0.25, 0.3) is 5.91 Å². The molecule has 0 atom stereocenters. The summed E-state index contributed by atoms with van der Waals surface area (Å²) in [6.45, 7) is -0.216. The number of esters is 1. The van der Waals surface area contributed by atoms with Crippen LogP contribution in [-0.4, -0.2) is 38.2 Å². The van der Waals surface area contributed by atoms with Crippen molar-refractivity contribution in [1.82, 2.24) is 10.6 Å². The number of urea groups is 1. The van der Waals surface area contributed by atoms with Crippen molar-refractivity contribution in [2.45, 2.75) is 6.42 Å². The lowest BCUT2D eigenvalue weighted by atomic mass is 10.2. The monoisotopic (exact) mass is 396 g/mol. The number of amides is 3. The van der Waals surface area contributed by atoms with Crippen molar-refractivity contribution in [3.8, 4) is 5.75 Å². The van der Waals surface area contributed by atoms with Gasteiger partial charge in [0.05, 0.1) is 7.11 Å². The number of methoxy groups -OCH3 is 1. The van der Waals surface area contributed by atoms with Crippen molar-refractivity contribution in [2.24, 2.45) is 0 Å². The first kappa shape index (κ1) is 19.7. The summed E-state index contributed by atoms with van der Waals surface area (Å²) < 4.78 is 9.93. The Bertz CT molecular complexity index is 779. The quantitative estimate of drug-likeness (QED) is 0.702. The Kier molecular flexibility index (Phi) is 7.43. The molecule has 0 aliphatic carbocycles. The smallest absolute Gasteiger partial charge is 0.342 e. The van der Waals surface area contributed by atoms with Gasteiger partial charge in [-0.15, -0.1) is 11.3 Å². The lowest BCUT2D eigenvalue weighted by Gasteiger charge is -2.09. The van der Waals surface area contributed by atoms with Gasteiger partial charge in [-0.3, -0.25) is 10.1 Å². The Hall–Kier alpha value is -2.58. The highest BCUT2D eigenvalue weighted by Crippen LogP contribution is 2.23. The van der Waals surface area contributed by atoms with Gasteiger partial charge in [-0.1, -0.05) is 17.7 Å². The van der Waals surface area contributed by atoms with Gasteiger partial charge in [-0.05, 0) is 36.1 Å². The molecule has 9 heteroatoms. The third kappa shape index (κ3) is 6.05. The third-order valence-electron chi connectivity index (χ3n) is 3.21. The minimum absolute atomic E-state index is 0.0909. The molecule has 0 spiro atoms. The topological polar surface area (TPSA) is 93.7 Å². The fraction of sp³-hybridized carbons (Fsp3) is 0.235. The zero-order valence-corrected chi connectivity index (χ0v) is 15.5. The van der Waals surface area contributed by atoms with E-state index in [1.807, 2.05) is 17.5 Å². The van der Waals surface area contributed by atoms with Crippen molar-refractivity contribution in [1.29, 1.82) is 0 Å². The average Bonchev–Trinajstić information content (AvgIpc) is 3.13. The number of benzene rings is 1. The van der Waals surface area contributed by atoms with Crippen LogP contribution in [0, 0.1) is 0 Å². The van der Waals surface area contributed by atoms with Gasteiger partial charge in [-0.2, -0.15) is 0 Å². The first-order valence-electron chi connectivity index (χ1n) is 7.60. The molecule has 26 heavy (non-hydrogen) atoms. The van der Waals surface area contributed by atoms with Gasteiger partial charge < -0.3 is 14.8 Å². The summed E-state index contributed by atoms with van der Waals surface area (Å²) in [5.41, 5.74) is 0.0909. The zero-order valence-electron chi connectivity index (χ0n) is 13.9. The van der Waals surface area contributed by atoms with Gasteiger partial charge >= 0.3 is 12.0 Å². The highest BCUT2D eigenvalue weighted by Gasteiger charge is 2.16. The van der Waals surface area contributed by atoms with E-state index in [2.05, 4.69) is 10.6 Å². The lowest BCUT2D eigenvalue weighted by molar-refractivity contribution is -0.123. The van der Waals surface area contributed by atoms with E-state index in [1.165, 1.54) is 19.2 Å². The Labute approximate surface area is 159 Å². The molecule has 2 rings (SSSR count). The molecule has 0 bridgehead atoms. The van der Waals surface area contributed by atoms with Gasteiger partial charge in [0.15, 0.2) is 6.61 Å². The Balaban J connectivity index is 1.74. The van der Waals surface area contributed by atoms with Crippen LogP contribution in [-0.2, 0) is 16.0 Å². The van der Waals surface area contributed by atoms with Crippen LogP contribution in [0.5, 0.6) is 5.75 Å². The number of nitrogens with one attached hydrogen (secondary N) is 2. The van der Waals surface area contributed by atoms with Crippen LogP contribution in [0.2, 0.25) is 5.02 Å². The Morgan fingerprint density at radius 3 is 2.73 bits per heavy atom. The molecule has 138 valence electrons. The molecule has 0 aliphatic heterocycles. The van der Waals surface area contributed by atoms with Crippen LogP contribution in [0.15, 0.2) is 35.7 Å². The number of halogens is 1. The average molecular weight is 397 g/mol. The van der Waals surface area contributed by atoms with E-state index in [-0.39, 0.29) is 11.3 Å². The van der Waals surface area contributed by atoms with E-state index in [4.69, 9.17) is 21.1 Å². The van der Waals surface area contributed by atoms with Crippen LogP contribution in [0.3, 0.4) is 0 Å². The molecular weight excluding hydrogens is 380 g/mol. The predicted molar refractivity (Wildman–Crippen MR) is 97.9 cm³/mol. The van der Waals surface area contributed by atoms with Crippen LogP contribution in [0.1, 0.15) is 15.2 Å². The van der Waals surface area contributed by atoms with Gasteiger partial charge in [0.1, 0.15) is 11.3 Å². The van der Waals surface area contributed by atoms with E-state index in [0.29, 0.717) is 18.0 Å². The number of carbonyl (C=O) groups is 3. The maximum atomic E-state index is 12.0. The maximum absolute atomic E-state index is 12.0. The highest BCUT2D eigenvalue weighted by molar-refractivity contribution is 7.09. The van der Waals surface area contributed by atoms with Gasteiger partial charge in [0.2, 0.25) is 0 Å². The molecule has 1 heterocycles. The second-order valence-electron chi connectivity index (χ2n) is 5.05. The molecule has 1 aromatic heterocycles. The van der Waals surface area contributed by atoms with Crippen molar-refractivity contribution in [3.05, 3.63) is 51.2 Å². The molecule has 7 nitrogen and oxygen atoms in total. The number of imide groups is 1. The third-order valence-corrected chi connectivity index (χ3v) is 4.38. The number of hydrogen-bond acceptors (Lipinski definition) is 6. The van der Waals surface area contributed by atoms with Crippen molar-refractivity contribution in [3.63, 3.8) is 0 Å². The van der Waals surface area contributed by atoms with Crippen LogP contribution >= 0.6 is 22.9 Å². The molecule has 0 radical (unpaired) electrons. The van der Waals surface area contributed by atoms with Gasteiger partial charge in [-0.25, -0.2) is 9.59 Å². The molecule has 0 saturated carbocycles. The number of rotatable bonds is 7. The molecule has 3 amide bonds. The van der Waals surface area contributed by atoms with Crippen LogP contribution < -0.4 is 15.4 Å². The number of thiophene rings is 1. The van der Waals surface area contributed by atoms with Crippen LogP contribution in [0.4, 0.5) is 4.79 Å². The largest absolute Gasteiger partial charge is 0.496 e. The number of hydrogen-bond donors (Lipinski definition) is 2. The minimum Gasteiger partial charge on any atom is -0.496 e. The molecule has 0 fully saturated rings. The van der Waals surface area contributed by atoms with Gasteiger partial charge in [0, 0.05) is 16.4 Å². The molecule has 0 unspecified atom stereocenters. The lowest BCUT2D eigenvalue weighted by Crippen LogP contribution is -2.42. The summed E-state index contributed by atoms with van der Waals surface area (Å²) in [5, 5.41) is 6.91. The van der Waals surface area contributed by atoms with E-state index in [9.17, 15) is 14.4 Å². The SMILES string of the molecule is COc1ccc(Cl)cc1C(=O)OCC(=O)NC(=O)NCCc1cccs1. The van der Waals surface area contributed by atoms with E-state index in [0.717, 1.165) is 4.88 Å². The van der Waals surface area contributed by atoms with Crippen molar-refractivity contribution < 1.29 is 23.9 Å². The molecule has 2 N–H and O–H groups in total. The first-order chi connectivity index (χ1) is 12.5. The normalized spacial score (nSPS) is 10.1. The summed E-state index contributed by atoms with van der Waals surface area (Å²) in [6, 6.07) is 7.68. The second kappa shape index (κ2) is 9.79. The summed E-state index contributed by atoms with van der Waals surface area (Å²) in [4.78, 5) is 36.5. The van der Waals surface area contributed by atoms with Crippen LogP contribution in [0.25, 0.3) is 0 Å². The molecular formula is C17H17ClN2O5S. The Morgan fingerprint density at radius 2 is 2.04 bits per heavy atom. The fourth-order valence-corrected chi connectivity index (χ4v) is 2.89. The Morgan fingerprint density at radius 1 is 1.23 bits per heavy atom. The maximum Gasteiger partial charge on any atom is 0.342 e. The second-order valence-corrected chi connectivity index (χ2v) is 6.52. The van der Waals surface area contributed by atoms with E-state index >= 15 is 0 Å². The first-order valence-corrected chi connectivity index (χ1v) is 8.86. The molecule has 0 aliphatic rings. The fourth-order valence-electron chi connectivity index (χ4n) is 2.01. The highest BCUT2D eigenvalue weighted by atomic mass is 35.5. The summed E-state index contributed by atoms with van der Waals surface area (Å²) >= 11 is 7.43. The number of ether oxygens (including phenoxy) is 2. The zero-order chi connectivity index (χ0) is 18.9. The van der Waals surface area contributed by atoms with E-state index < -0.39 is 24.5 Å². The summed E-state index contributed by atoms with van der Waals surface area (Å²) in [5.74, 6) is -1.25. The summed E-state index contributed by atoms with van der Waals surface area (Å²) in [7, 11) is 1.40. The minimum atomic E-state index is -0.780.